The Balaban J connectivity index is -0.000000154. The van der Waals surface area contributed by atoms with Crippen molar-refractivity contribution in [3.8, 4) is 0 Å². The van der Waals surface area contributed by atoms with Crippen LogP contribution in [0.1, 0.15) is 93.1 Å². The van der Waals surface area contributed by atoms with Crippen LogP contribution in [0.15, 0.2) is 30.3 Å². The minimum atomic E-state index is -0.354. The summed E-state index contributed by atoms with van der Waals surface area (Å²) < 4.78 is 0. The molecule has 1 fully saturated rings. The van der Waals surface area contributed by atoms with E-state index in [1.54, 1.807) is 4.90 Å². The molecule has 0 spiro atoms. The lowest BCUT2D eigenvalue weighted by Crippen LogP contribution is -2.43. The van der Waals surface area contributed by atoms with Crippen LogP contribution in [0.3, 0.4) is 0 Å². The Morgan fingerprint density at radius 3 is 1.83 bits per heavy atom. The van der Waals surface area contributed by atoms with Crippen molar-refractivity contribution in [1.82, 2.24) is 15.5 Å². The zero-order chi connectivity index (χ0) is 33.6. The number of likely N-dealkylation sites (tertiary alicyclic amines) is 1. The van der Waals surface area contributed by atoms with Crippen molar-refractivity contribution in [3.05, 3.63) is 35.9 Å². The molecule has 246 valence electrons. The molecule has 2 rings (SSSR count). The van der Waals surface area contributed by atoms with Crippen molar-refractivity contribution in [2.75, 3.05) is 26.2 Å². The predicted molar refractivity (Wildman–Crippen MR) is 174 cm³/mol. The summed E-state index contributed by atoms with van der Waals surface area (Å²) in [6, 6.07) is 10.9. The highest BCUT2D eigenvalue weighted by Crippen LogP contribution is 2.15. The van der Waals surface area contributed by atoms with Crippen molar-refractivity contribution >= 4 is 31.0 Å². The van der Waals surface area contributed by atoms with Crippen molar-refractivity contribution in [2.45, 2.75) is 100.0 Å². The number of nitrogens with zero attached hydrogens (tertiary/aromatic N) is 1. The van der Waals surface area contributed by atoms with E-state index in [9.17, 15) is 14.4 Å². The second-order valence-electron chi connectivity index (χ2n) is 8.94. The maximum atomic E-state index is 11.7. The summed E-state index contributed by atoms with van der Waals surface area (Å²) in [7, 11) is 0. The topological polar surface area (TPSA) is 191 Å². The number of unbranched alkanes of at least 4 members (excludes halogenated alkanes) is 2. The van der Waals surface area contributed by atoms with Crippen molar-refractivity contribution < 1.29 is 24.0 Å². The SMILES string of the molecule is CC.CC.CC(C)C.CC1CCCN1C(=O)CNC(=O)CNC=O.NC=O.NC=O.NCCCCCc1ccccc1. The Morgan fingerprint density at radius 2 is 1.43 bits per heavy atom. The van der Waals surface area contributed by atoms with Gasteiger partial charge in [0.05, 0.1) is 13.1 Å². The molecule has 11 heteroatoms. The lowest BCUT2D eigenvalue weighted by Gasteiger charge is -2.21. The number of carbonyl (C=O) groups is 5. The van der Waals surface area contributed by atoms with E-state index in [2.05, 4.69) is 73.2 Å². The standard InChI is InChI=1S/C11H17N.C10H17N3O3.C4H10.2C2H6.2CH3NO/c12-10-6-2-5-9-11-7-3-1-4-8-11;1-8-3-2-4-13(8)10(16)6-12-9(15)5-11-7-14;1-4(2)3;2*1-2;2*2-1-3/h1,3-4,7-8H,2,5-6,9-10,12H2;7-8H,2-6H2,1H3,(H,11,14)(H,12,15);4H,1-3H3;2*1-2H3;2*1H,(H2,2,3). The van der Waals surface area contributed by atoms with Crippen molar-refractivity contribution in [1.29, 1.82) is 0 Å². The van der Waals surface area contributed by atoms with Gasteiger partial charge in [-0.1, -0.05) is 85.2 Å². The first-order chi connectivity index (χ1) is 20.1. The van der Waals surface area contributed by atoms with Gasteiger partial charge in [-0.3, -0.25) is 24.0 Å². The summed E-state index contributed by atoms with van der Waals surface area (Å²) >= 11 is 0. The molecule has 0 saturated carbocycles. The van der Waals surface area contributed by atoms with Gasteiger partial charge in [-0.2, -0.15) is 0 Å². The van der Waals surface area contributed by atoms with Gasteiger partial charge in [0.2, 0.25) is 31.0 Å². The minimum Gasteiger partial charge on any atom is -0.372 e. The van der Waals surface area contributed by atoms with E-state index in [4.69, 9.17) is 15.3 Å². The van der Waals surface area contributed by atoms with E-state index < -0.39 is 0 Å². The third-order valence-electron chi connectivity index (χ3n) is 4.67. The molecule has 1 saturated heterocycles. The molecular formula is C31H62N6O5. The Hall–Kier alpha value is -3.47. The van der Waals surface area contributed by atoms with Crippen LogP contribution >= 0.6 is 0 Å². The van der Waals surface area contributed by atoms with Crippen LogP contribution in [0, 0.1) is 5.92 Å². The van der Waals surface area contributed by atoms with Gasteiger partial charge >= 0.3 is 0 Å². The molecule has 0 aromatic heterocycles. The van der Waals surface area contributed by atoms with Gasteiger partial charge in [-0.05, 0) is 57.1 Å². The number of hydrogen-bond donors (Lipinski definition) is 5. The third-order valence-corrected chi connectivity index (χ3v) is 4.67. The van der Waals surface area contributed by atoms with E-state index in [-0.39, 0.29) is 43.8 Å². The number of amides is 5. The molecule has 1 aromatic carbocycles. The average molecular weight is 599 g/mol. The maximum absolute atomic E-state index is 11.7. The molecule has 0 aliphatic carbocycles. The fourth-order valence-electron chi connectivity index (χ4n) is 3.07. The van der Waals surface area contributed by atoms with Crippen LogP contribution < -0.4 is 27.8 Å². The predicted octanol–water partition coefficient (Wildman–Crippen LogP) is 3.14. The molecule has 1 aliphatic heterocycles. The van der Waals surface area contributed by atoms with Crippen LogP contribution in [-0.4, -0.2) is 68.2 Å². The van der Waals surface area contributed by atoms with Gasteiger partial charge in [0.15, 0.2) is 0 Å². The van der Waals surface area contributed by atoms with E-state index in [1.807, 2.05) is 34.6 Å². The van der Waals surface area contributed by atoms with E-state index >= 15 is 0 Å². The molecule has 8 N–H and O–H groups in total. The van der Waals surface area contributed by atoms with E-state index in [0.717, 1.165) is 38.3 Å². The third kappa shape index (κ3) is 41.0. The Labute approximate surface area is 255 Å². The van der Waals surface area contributed by atoms with Gasteiger partial charge in [0.1, 0.15) is 0 Å². The van der Waals surface area contributed by atoms with Gasteiger partial charge in [-0.25, -0.2) is 0 Å². The fourth-order valence-corrected chi connectivity index (χ4v) is 3.07. The van der Waals surface area contributed by atoms with E-state index in [1.165, 1.54) is 24.8 Å². The lowest BCUT2D eigenvalue weighted by atomic mass is 10.1. The highest BCUT2D eigenvalue weighted by Gasteiger charge is 2.24. The molecule has 5 amide bonds. The highest BCUT2D eigenvalue weighted by molar-refractivity contribution is 5.86. The van der Waals surface area contributed by atoms with Gasteiger partial charge in [0.25, 0.3) is 0 Å². The summed E-state index contributed by atoms with van der Waals surface area (Å²) in [5.74, 6) is 0.414. The van der Waals surface area contributed by atoms with Gasteiger partial charge in [-0.15, -0.1) is 0 Å². The van der Waals surface area contributed by atoms with Crippen LogP contribution in [0.25, 0.3) is 0 Å². The Morgan fingerprint density at radius 1 is 0.929 bits per heavy atom. The molecule has 0 radical (unpaired) electrons. The zero-order valence-electron chi connectivity index (χ0n) is 27.6. The van der Waals surface area contributed by atoms with Crippen LogP contribution in [0.4, 0.5) is 0 Å². The van der Waals surface area contributed by atoms with Crippen LogP contribution in [0.2, 0.25) is 0 Å². The fraction of sp³-hybridized carbons (Fsp3) is 0.645. The Kier molecular flexibility index (Phi) is 48.3. The van der Waals surface area contributed by atoms with Gasteiger partial charge in [0, 0.05) is 12.6 Å². The summed E-state index contributed by atoms with van der Waals surface area (Å²) in [4.78, 5) is 51.6. The monoisotopic (exact) mass is 598 g/mol. The number of nitrogens with two attached hydrogens (primary N) is 3. The average Bonchev–Trinajstić information content (AvgIpc) is 3.42. The molecular weight excluding hydrogens is 536 g/mol. The number of benzene rings is 1. The second-order valence-corrected chi connectivity index (χ2v) is 8.94. The molecule has 1 atom stereocenters. The largest absolute Gasteiger partial charge is 0.372 e. The smallest absolute Gasteiger partial charge is 0.242 e. The van der Waals surface area contributed by atoms with Crippen LogP contribution in [0.5, 0.6) is 0 Å². The number of aryl methyl sites for hydroxylation is 1. The lowest BCUT2D eigenvalue weighted by molar-refractivity contribution is -0.133. The Bertz CT molecular complexity index is 712. The quantitative estimate of drug-likeness (QED) is 0.203. The molecule has 1 aliphatic rings. The molecule has 0 bridgehead atoms. The number of nitrogens with one attached hydrogen (secondary N) is 2. The molecule has 1 heterocycles. The summed E-state index contributed by atoms with van der Waals surface area (Å²) in [5, 5.41) is 4.70. The molecule has 42 heavy (non-hydrogen) atoms. The summed E-state index contributed by atoms with van der Waals surface area (Å²) in [6.07, 6.45) is 7.87. The first-order valence-electron chi connectivity index (χ1n) is 14.9. The van der Waals surface area contributed by atoms with Crippen LogP contribution in [-0.2, 0) is 30.4 Å². The molecule has 1 aromatic rings. The first kappa shape index (κ1) is 48.3. The normalized spacial score (nSPS) is 12.0. The van der Waals surface area contributed by atoms with Gasteiger partial charge < -0.3 is 32.7 Å². The number of primary amides is 2. The summed E-state index contributed by atoms with van der Waals surface area (Å²) in [5.41, 5.74) is 15.2. The van der Waals surface area contributed by atoms with E-state index in [0.29, 0.717) is 6.41 Å². The number of hydrogen-bond acceptors (Lipinski definition) is 6. The maximum Gasteiger partial charge on any atom is 0.242 e. The molecule has 11 nitrogen and oxygen atoms in total. The second kappa shape index (κ2) is 42.0. The minimum absolute atomic E-state index is 0.00368. The number of rotatable bonds is 10. The first-order valence-corrected chi connectivity index (χ1v) is 14.9. The summed E-state index contributed by atoms with van der Waals surface area (Å²) in [6.45, 7) is 18.0. The van der Waals surface area contributed by atoms with Crippen molar-refractivity contribution in [3.63, 3.8) is 0 Å². The highest BCUT2D eigenvalue weighted by atomic mass is 16.2. The zero-order valence-corrected chi connectivity index (χ0v) is 27.6. The molecule has 1 unspecified atom stereocenters. The number of carbonyl (C=O) groups excluding carboxylic acids is 5. The van der Waals surface area contributed by atoms with Crippen molar-refractivity contribution in [2.24, 2.45) is 23.1 Å².